The molecule has 0 aliphatic carbocycles. The van der Waals surface area contributed by atoms with Crippen molar-refractivity contribution < 1.29 is 20.1 Å². The van der Waals surface area contributed by atoms with Crippen LogP contribution < -0.4 is 5.32 Å². The van der Waals surface area contributed by atoms with E-state index in [9.17, 15) is 20.1 Å². The number of nitrogens with one attached hydrogen (secondary N) is 1. The van der Waals surface area contributed by atoms with Crippen LogP contribution in [0.4, 0.5) is 0 Å². The van der Waals surface area contributed by atoms with Crippen molar-refractivity contribution in [2.75, 3.05) is 6.61 Å². The maximum atomic E-state index is 12.4. The number of rotatable bonds is 36. The van der Waals surface area contributed by atoms with Gasteiger partial charge in [0.1, 0.15) is 6.10 Å². The molecule has 0 aromatic rings. The number of carbonyl (C=O) groups is 1. The van der Waals surface area contributed by atoms with E-state index in [1.54, 1.807) is 0 Å². The van der Waals surface area contributed by atoms with Crippen molar-refractivity contribution in [2.24, 2.45) is 0 Å². The second-order valence-corrected chi connectivity index (χ2v) is 13.8. The van der Waals surface area contributed by atoms with E-state index in [-0.39, 0.29) is 12.5 Å². The van der Waals surface area contributed by atoms with Gasteiger partial charge in [-0.3, -0.25) is 4.79 Å². The van der Waals surface area contributed by atoms with E-state index in [1.165, 1.54) is 135 Å². The predicted octanol–water partition coefficient (Wildman–Crippen LogP) is 11.0. The second kappa shape index (κ2) is 36.7. The van der Waals surface area contributed by atoms with Crippen molar-refractivity contribution in [3.05, 3.63) is 24.3 Å². The van der Waals surface area contributed by atoms with Gasteiger partial charge >= 0.3 is 0 Å². The van der Waals surface area contributed by atoms with Gasteiger partial charge in [-0.05, 0) is 51.4 Å². The van der Waals surface area contributed by atoms with Gasteiger partial charge in [-0.2, -0.15) is 0 Å². The molecule has 5 heteroatoms. The van der Waals surface area contributed by atoms with Gasteiger partial charge in [0, 0.05) is 6.42 Å². The molecular weight excluding hydrogens is 570 g/mol. The molecule has 0 aromatic heterocycles. The Labute approximate surface area is 286 Å². The fraction of sp³-hybridized carbons (Fsp3) is 0.878. The number of aliphatic hydroxyl groups is 3. The molecule has 0 bridgehead atoms. The van der Waals surface area contributed by atoms with Gasteiger partial charge in [-0.1, -0.05) is 173 Å². The fourth-order valence-electron chi connectivity index (χ4n) is 6.12. The summed E-state index contributed by atoms with van der Waals surface area (Å²) in [5.74, 6) is -0.157. The van der Waals surface area contributed by atoms with E-state index in [2.05, 4.69) is 43.5 Å². The summed E-state index contributed by atoms with van der Waals surface area (Å²) in [7, 11) is 0. The lowest BCUT2D eigenvalue weighted by Gasteiger charge is -2.26. The number of allylic oxidation sites excluding steroid dienone is 4. The third kappa shape index (κ3) is 31.4. The zero-order valence-electron chi connectivity index (χ0n) is 30.7. The van der Waals surface area contributed by atoms with Crippen molar-refractivity contribution in [1.82, 2.24) is 5.32 Å². The minimum Gasteiger partial charge on any atom is -0.394 e. The quantitative estimate of drug-likeness (QED) is 0.0401. The first-order valence-corrected chi connectivity index (χ1v) is 20.1. The summed E-state index contributed by atoms with van der Waals surface area (Å²) in [6.07, 6.45) is 42.7. The highest BCUT2D eigenvalue weighted by Gasteiger charge is 2.26. The monoisotopic (exact) mass is 650 g/mol. The van der Waals surface area contributed by atoms with E-state index < -0.39 is 18.2 Å². The average molecular weight is 650 g/mol. The van der Waals surface area contributed by atoms with Crippen molar-refractivity contribution in [3.8, 4) is 0 Å². The summed E-state index contributed by atoms with van der Waals surface area (Å²) in [4.78, 5) is 12.4. The summed E-state index contributed by atoms with van der Waals surface area (Å²) in [5, 5.41) is 33.4. The summed E-state index contributed by atoms with van der Waals surface area (Å²) < 4.78 is 0. The van der Waals surface area contributed by atoms with Crippen LogP contribution in [0, 0.1) is 0 Å². The molecular formula is C41H79NO4. The van der Waals surface area contributed by atoms with E-state index in [1.807, 2.05) is 0 Å². The molecule has 0 saturated heterocycles. The first-order chi connectivity index (χ1) is 22.6. The summed E-state index contributed by atoms with van der Waals surface area (Å²) >= 11 is 0. The third-order valence-corrected chi connectivity index (χ3v) is 9.29. The summed E-state index contributed by atoms with van der Waals surface area (Å²) in [6.45, 7) is 4.15. The van der Waals surface area contributed by atoms with Gasteiger partial charge in [-0.25, -0.2) is 0 Å². The number of carbonyl (C=O) groups excluding carboxylic acids is 1. The molecule has 0 aromatic carbocycles. The lowest BCUT2D eigenvalue weighted by molar-refractivity contribution is -0.124. The number of unbranched alkanes of at least 4 members (excludes halogenated alkanes) is 24. The normalized spacial score (nSPS) is 13.9. The maximum Gasteiger partial charge on any atom is 0.220 e. The van der Waals surface area contributed by atoms with E-state index in [0.717, 1.165) is 44.9 Å². The first kappa shape index (κ1) is 44.8. The van der Waals surface area contributed by atoms with E-state index >= 15 is 0 Å². The highest BCUT2D eigenvalue weighted by atomic mass is 16.3. The predicted molar refractivity (Wildman–Crippen MR) is 199 cm³/mol. The lowest BCUT2D eigenvalue weighted by Crippen LogP contribution is -2.50. The van der Waals surface area contributed by atoms with Crippen LogP contribution in [0.15, 0.2) is 24.3 Å². The van der Waals surface area contributed by atoms with Crippen LogP contribution in [-0.2, 0) is 4.79 Å². The van der Waals surface area contributed by atoms with E-state index in [0.29, 0.717) is 12.8 Å². The topological polar surface area (TPSA) is 89.8 Å². The van der Waals surface area contributed by atoms with Gasteiger partial charge < -0.3 is 20.6 Å². The first-order valence-electron chi connectivity index (χ1n) is 20.1. The molecule has 4 N–H and O–H groups in total. The number of hydrogen-bond acceptors (Lipinski definition) is 4. The van der Waals surface area contributed by atoms with Gasteiger partial charge in [0.15, 0.2) is 0 Å². The smallest absolute Gasteiger partial charge is 0.220 e. The maximum absolute atomic E-state index is 12.4. The fourth-order valence-corrected chi connectivity index (χ4v) is 6.12. The second-order valence-electron chi connectivity index (χ2n) is 13.8. The molecule has 0 aliphatic rings. The van der Waals surface area contributed by atoms with E-state index in [4.69, 9.17) is 0 Å². The number of hydrogen-bond donors (Lipinski definition) is 4. The Bertz CT molecular complexity index is 679. The molecule has 46 heavy (non-hydrogen) atoms. The van der Waals surface area contributed by atoms with Gasteiger partial charge in [0.25, 0.3) is 0 Å². The molecule has 5 nitrogen and oxygen atoms in total. The Morgan fingerprint density at radius 1 is 0.522 bits per heavy atom. The van der Waals surface area contributed by atoms with Crippen molar-refractivity contribution in [2.45, 2.75) is 225 Å². The van der Waals surface area contributed by atoms with Crippen LogP contribution in [0.25, 0.3) is 0 Å². The Balaban J connectivity index is 3.72. The van der Waals surface area contributed by atoms with Crippen molar-refractivity contribution >= 4 is 5.91 Å². The molecule has 272 valence electrons. The zero-order valence-corrected chi connectivity index (χ0v) is 30.7. The summed E-state index contributed by atoms with van der Waals surface area (Å²) in [6, 6.07) is -0.827. The van der Waals surface area contributed by atoms with Gasteiger partial charge in [0.05, 0.1) is 18.8 Å². The highest BCUT2D eigenvalue weighted by Crippen LogP contribution is 2.15. The van der Waals surface area contributed by atoms with Crippen LogP contribution in [0.5, 0.6) is 0 Å². The SMILES string of the molecule is CCCCCCCCC/C=C/CC/C=C/CCCC(O)C(O)C(CO)NC(=O)CCCCCCCCCCCCCCCCCC. The van der Waals surface area contributed by atoms with Crippen LogP contribution in [-0.4, -0.2) is 46.1 Å². The molecule has 3 atom stereocenters. The molecule has 0 aliphatic heterocycles. The van der Waals surface area contributed by atoms with Crippen LogP contribution in [0.3, 0.4) is 0 Å². The average Bonchev–Trinajstić information content (AvgIpc) is 3.06. The van der Waals surface area contributed by atoms with Crippen molar-refractivity contribution in [3.63, 3.8) is 0 Å². The van der Waals surface area contributed by atoms with Gasteiger partial charge in [-0.15, -0.1) is 0 Å². The van der Waals surface area contributed by atoms with Crippen LogP contribution >= 0.6 is 0 Å². The number of aliphatic hydroxyl groups excluding tert-OH is 3. The Kier molecular flexibility index (Phi) is 35.7. The molecule has 0 radical (unpaired) electrons. The number of amides is 1. The Morgan fingerprint density at radius 2 is 0.891 bits per heavy atom. The van der Waals surface area contributed by atoms with Gasteiger partial charge in [0.2, 0.25) is 5.91 Å². The molecule has 1 amide bonds. The Hall–Kier alpha value is -1.17. The molecule has 0 heterocycles. The summed E-state index contributed by atoms with van der Waals surface area (Å²) in [5.41, 5.74) is 0. The van der Waals surface area contributed by atoms with Crippen LogP contribution in [0.2, 0.25) is 0 Å². The Morgan fingerprint density at radius 3 is 1.33 bits per heavy atom. The molecule has 3 unspecified atom stereocenters. The lowest BCUT2D eigenvalue weighted by atomic mass is 10.0. The molecule has 0 rings (SSSR count). The largest absolute Gasteiger partial charge is 0.394 e. The highest BCUT2D eigenvalue weighted by molar-refractivity contribution is 5.76. The van der Waals surface area contributed by atoms with Crippen LogP contribution in [0.1, 0.15) is 206 Å². The third-order valence-electron chi connectivity index (χ3n) is 9.29. The van der Waals surface area contributed by atoms with Crippen molar-refractivity contribution in [1.29, 1.82) is 0 Å². The zero-order chi connectivity index (χ0) is 33.8. The molecule has 0 fully saturated rings. The minimum absolute atomic E-state index is 0.157. The molecule has 0 saturated carbocycles. The minimum atomic E-state index is -1.16. The standard InChI is InChI=1S/C41H79NO4/c1-3-5-7-9-11-13-15-17-19-21-23-25-27-29-31-33-35-39(44)41(46)38(37-43)42-40(45)36-34-32-30-28-26-24-22-20-18-16-14-12-10-8-6-4-2/h19,21,27,29,38-39,41,43-44,46H,3-18,20,22-26,28,30-37H2,1-2H3,(H,42,45)/b21-19+,29-27+. The molecule has 0 spiro atoms.